The van der Waals surface area contributed by atoms with Crippen molar-refractivity contribution in [2.45, 2.75) is 32.6 Å². The minimum Gasteiger partial charge on any atom is -0.496 e. The van der Waals surface area contributed by atoms with Crippen LogP contribution in [0.25, 0.3) is 0 Å². The number of Topliss-reactive ketones (excluding diaryl/α,β-unsaturated/α-hetero) is 1. The maximum Gasteiger partial charge on any atom is 0.130 e. The number of hydrogen-bond donors (Lipinski definition) is 0. The number of methoxy groups -OCH3 is 1. The standard InChI is InChI=1S/C14H18O2/c1-10(15)8-11-6-7-12-4-3-5-14(16-2)13(12)9-11/h3-5,11H,6-9H2,1-2H3. The number of ketones is 1. The summed E-state index contributed by atoms with van der Waals surface area (Å²) in [7, 11) is 1.71. The minimum absolute atomic E-state index is 0.295. The Bertz CT molecular complexity index is 381. The van der Waals surface area contributed by atoms with Crippen molar-refractivity contribution in [3.8, 4) is 5.75 Å². The highest BCUT2D eigenvalue weighted by atomic mass is 16.5. The molecule has 2 heteroatoms. The van der Waals surface area contributed by atoms with Crippen molar-refractivity contribution in [2.24, 2.45) is 5.92 Å². The molecule has 0 heterocycles. The van der Waals surface area contributed by atoms with E-state index < -0.39 is 0 Å². The lowest BCUT2D eigenvalue weighted by molar-refractivity contribution is -0.117. The largest absolute Gasteiger partial charge is 0.496 e. The van der Waals surface area contributed by atoms with E-state index in [1.54, 1.807) is 14.0 Å². The molecule has 0 saturated carbocycles. The smallest absolute Gasteiger partial charge is 0.130 e. The van der Waals surface area contributed by atoms with Crippen molar-refractivity contribution < 1.29 is 9.53 Å². The summed E-state index contributed by atoms with van der Waals surface area (Å²) in [6.45, 7) is 1.68. The van der Waals surface area contributed by atoms with E-state index in [2.05, 4.69) is 6.07 Å². The number of rotatable bonds is 3. The molecule has 2 nitrogen and oxygen atoms in total. The third-order valence-electron chi connectivity index (χ3n) is 3.34. The van der Waals surface area contributed by atoms with Crippen LogP contribution in [0.3, 0.4) is 0 Å². The highest BCUT2D eigenvalue weighted by molar-refractivity contribution is 5.75. The van der Waals surface area contributed by atoms with Crippen molar-refractivity contribution in [3.05, 3.63) is 29.3 Å². The number of fused-ring (bicyclic) bond motifs is 1. The van der Waals surface area contributed by atoms with Gasteiger partial charge in [0.25, 0.3) is 0 Å². The van der Waals surface area contributed by atoms with E-state index in [0.717, 1.165) is 25.0 Å². The van der Waals surface area contributed by atoms with Crippen LogP contribution < -0.4 is 4.74 Å². The van der Waals surface area contributed by atoms with Gasteiger partial charge in [0.1, 0.15) is 11.5 Å². The van der Waals surface area contributed by atoms with Gasteiger partial charge in [0.15, 0.2) is 0 Å². The van der Waals surface area contributed by atoms with Crippen molar-refractivity contribution in [3.63, 3.8) is 0 Å². The average Bonchev–Trinajstić information content (AvgIpc) is 2.27. The Kier molecular flexibility index (Phi) is 3.28. The molecule has 2 rings (SSSR count). The SMILES string of the molecule is COc1cccc2c1CC(CC(C)=O)CC2. The second-order valence-corrected chi connectivity index (χ2v) is 4.61. The Hall–Kier alpha value is -1.31. The predicted octanol–water partition coefficient (Wildman–Crippen LogP) is 2.78. The molecule has 1 aromatic carbocycles. The predicted molar refractivity (Wildman–Crippen MR) is 63.8 cm³/mol. The Labute approximate surface area is 96.6 Å². The zero-order chi connectivity index (χ0) is 11.5. The molecule has 0 spiro atoms. The number of carbonyl (C=O) groups excluding carboxylic acids is 1. The molecule has 0 aromatic heterocycles. The molecule has 0 bridgehead atoms. The first-order valence-electron chi connectivity index (χ1n) is 5.85. The molecular weight excluding hydrogens is 200 g/mol. The molecule has 0 saturated heterocycles. The number of hydrogen-bond acceptors (Lipinski definition) is 2. The van der Waals surface area contributed by atoms with Crippen molar-refractivity contribution in [1.82, 2.24) is 0 Å². The van der Waals surface area contributed by atoms with E-state index >= 15 is 0 Å². The monoisotopic (exact) mass is 218 g/mol. The van der Waals surface area contributed by atoms with Gasteiger partial charge in [-0.1, -0.05) is 12.1 Å². The fourth-order valence-corrected chi connectivity index (χ4v) is 2.60. The molecule has 1 aliphatic rings. The van der Waals surface area contributed by atoms with Gasteiger partial charge in [-0.15, -0.1) is 0 Å². The average molecular weight is 218 g/mol. The number of carbonyl (C=O) groups is 1. The number of ether oxygens (including phenoxy) is 1. The fourth-order valence-electron chi connectivity index (χ4n) is 2.60. The maximum atomic E-state index is 11.1. The van der Waals surface area contributed by atoms with E-state index in [-0.39, 0.29) is 0 Å². The summed E-state index contributed by atoms with van der Waals surface area (Å²) in [5, 5.41) is 0. The van der Waals surface area contributed by atoms with Crippen molar-refractivity contribution >= 4 is 5.78 Å². The Morgan fingerprint density at radius 3 is 3.00 bits per heavy atom. The first kappa shape index (κ1) is 11.2. The van der Waals surface area contributed by atoms with E-state index in [1.807, 2.05) is 12.1 Å². The Morgan fingerprint density at radius 2 is 2.31 bits per heavy atom. The second-order valence-electron chi connectivity index (χ2n) is 4.61. The zero-order valence-corrected chi connectivity index (χ0v) is 9.95. The van der Waals surface area contributed by atoms with Crippen LogP contribution in [0, 0.1) is 5.92 Å². The van der Waals surface area contributed by atoms with Gasteiger partial charge >= 0.3 is 0 Å². The van der Waals surface area contributed by atoms with E-state index in [0.29, 0.717) is 18.1 Å². The molecule has 0 fully saturated rings. The molecule has 0 radical (unpaired) electrons. The molecule has 1 atom stereocenters. The second kappa shape index (κ2) is 4.69. The van der Waals surface area contributed by atoms with Gasteiger partial charge in [-0.05, 0) is 49.3 Å². The van der Waals surface area contributed by atoms with Crippen LogP contribution >= 0.6 is 0 Å². The van der Waals surface area contributed by atoms with E-state index in [1.165, 1.54) is 11.1 Å². The quantitative estimate of drug-likeness (QED) is 0.779. The third-order valence-corrected chi connectivity index (χ3v) is 3.34. The van der Waals surface area contributed by atoms with E-state index in [9.17, 15) is 4.79 Å². The number of aryl methyl sites for hydroxylation is 1. The summed E-state index contributed by atoms with van der Waals surface area (Å²) < 4.78 is 5.38. The molecule has 16 heavy (non-hydrogen) atoms. The summed E-state index contributed by atoms with van der Waals surface area (Å²) in [5.41, 5.74) is 2.70. The molecular formula is C14H18O2. The first-order chi connectivity index (χ1) is 7.70. The molecule has 0 aliphatic heterocycles. The highest BCUT2D eigenvalue weighted by Gasteiger charge is 2.22. The number of benzene rings is 1. The third kappa shape index (κ3) is 2.26. The summed E-state index contributed by atoms with van der Waals surface area (Å²) in [5.74, 6) is 1.77. The summed E-state index contributed by atoms with van der Waals surface area (Å²) >= 11 is 0. The Morgan fingerprint density at radius 1 is 1.50 bits per heavy atom. The van der Waals surface area contributed by atoms with Crippen LogP contribution in [0.5, 0.6) is 5.75 Å². The molecule has 1 unspecified atom stereocenters. The normalized spacial score (nSPS) is 19.0. The summed E-state index contributed by atoms with van der Waals surface area (Å²) in [4.78, 5) is 11.1. The van der Waals surface area contributed by atoms with Gasteiger partial charge in [0.2, 0.25) is 0 Å². The van der Waals surface area contributed by atoms with Gasteiger partial charge in [-0.3, -0.25) is 0 Å². The zero-order valence-electron chi connectivity index (χ0n) is 9.95. The first-order valence-corrected chi connectivity index (χ1v) is 5.85. The maximum absolute atomic E-state index is 11.1. The van der Waals surface area contributed by atoms with Crippen LogP contribution in [0.4, 0.5) is 0 Å². The van der Waals surface area contributed by atoms with Crippen LogP contribution in [0.2, 0.25) is 0 Å². The van der Waals surface area contributed by atoms with E-state index in [4.69, 9.17) is 4.74 Å². The van der Waals surface area contributed by atoms with Crippen LogP contribution in [-0.4, -0.2) is 12.9 Å². The van der Waals surface area contributed by atoms with Crippen LogP contribution in [0.15, 0.2) is 18.2 Å². The highest BCUT2D eigenvalue weighted by Crippen LogP contribution is 2.33. The Balaban J connectivity index is 2.21. The summed E-state index contributed by atoms with van der Waals surface area (Å²) in [6, 6.07) is 6.22. The lowest BCUT2D eigenvalue weighted by Crippen LogP contribution is -2.17. The lowest BCUT2D eigenvalue weighted by atomic mass is 9.81. The van der Waals surface area contributed by atoms with Crippen molar-refractivity contribution in [2.75, 3.05) is 7.11 Å². The van der Waals surface area contributed by atoms with Gasteiger partial charge in [-0.25, -0.2) is 0 Å². The van der Waals surface area contributed by atoms with Gasteiger partial charge in [0.05, 0.1) is 7.11 Å². The van der Waals surface area contributed by atoms with Gasteiger partial charge in [-0.2, -0.15) is 0 Å². The molecule has 1 aliphatic carbocycles. The fraction of sp³-hybridized carbons (Fsp3) is 0.500. The van der Waals surface area contributed by atoms with Crippen LogP contribution in [-0.2, 0) is 17.6 Å². The molecule has 86 valence electrons. The van der Waals surface area contributed by atoms with Crippen LogP contribution in [0.1, 0.15) is 30.9 Å². The van der Waals surface area contributed by atoms with Gasteiger partial charge < -0.3 is 9.53 Å². The summed E-state index contributed by atoms with van der Waals surface area (Å²) in [6.07, 6.45) is 3.89. The molecule has 0 amide bonds. The van der Waals surface area contributed by atoms with Crippen molar-refractivity contribution in [1.29, 1.82) is 0 Å². The minimum atomic E-state index is 0.295. The topological polar surface area (TPSA) is 26.3 Å². The molecule has 0 N–H and O–H groups in total. The van der Waals surface area contributed by atoms with Gasteiger partial charge in [0, 0.05) is 6.42 Å². The molecule has 1 aromatic rings. The lowest BCUT2D eigenvalue weighted by Gasteiger charge is -2.25.